The van der Waals surface area contributed by atoms with Crippen LogP contribution >= 0.6 is 0 Å². The molecule has 96 valence electrons. The highest BCUT2D eigenvalue weighted by atomic mass is 32.2. The van der Waals surface area contributed by atoms with E-state index in [4.69, 9.17) is 0 Å². The van der Waals surface area contributed by atoms with Crippen molar-refractivity contribution in [2.45, 2.75) is 6.92 Å². The molecule has 2 rings (SSSR count). The molecular formula is C11H14N4O2S. The van der Waals surface area contributed by atoms with Crippen molar-refractivity contribution in [2.24, 2.45) is 7.05 Å². The number of anilines is 1. The summed E-state index contributed by atoms with van der Waals surface area (Å²) in [7, 11) is -1.50. The standard InChI is InChI=1S/C11H14N4O2S/c1-3-18(16,17)14-10-7-5-4-6-9(10)11-13-12-8-15(11)2/h4-8,14H,3H2,1-2H3. The van der Waals surface area contributed by atoms with Gasteiger partial charge in [-0.1, -0.05) is 12.1 Å². The number of rotatable bonds is 4. The normalized spacial score (nSPS) is 11.4. The summed E-state index contributed by atoms with van der Waals surface area (Å²) >= 11 is 0. The zero-order valence-corrected chi connectivity index (χ0v) is 11.0. The predicted molar refractivity (Wildman–Crippen MR) is 69.5 cm³/mol. The second-order valence-electron chi connectivity index (χ2n) is 3.82. The third-order valence-corrected chi connectivity index (χ3v) is 3.82. The Hall–Kier alpha value is -1.89. The molecule has 1 heterocycles. The van der Waals surface area contributed by atoms with Gasteiger partial charge in [-0.05, 0) is 19.1 Å². The van der Waals surface area contributed by atoms with Gasteiger partial charge in [-0.3, -0.25) is 4.72 Å². The molecule has 0 aliphatic carbocycles. The number of para-hydroxylation sites is 1. The van der Waals surface area contributed by atoms with E-state index in [1.807, 2.05) is 6.07 Å². The van der Waals surface area contributed by atoms with Gasteiger partial charge < -0.3 is 4.57 Å². The molecule has 1 aromatic carbocycles. The molecule has 6 nitrogen and oxygen atoms in total. The lowest BCUT2D eigenvalue weighted by Gasteiger charge is -2.10. The van der Waals surface area contributed by atoms with E-state index in [1.165, 1.54) is 0 Å². The quantitative estimate of drug-likeness (QED) is 0.903. The van der Waals surface area contributed by atoms with E-state index >= 15 is 0 Å². The predicted octanol–water partition coefficient (Wildman–Crippen LogP) is 1.24. The Morgan fingerprint density at radius 1 is 1.33 bits per heavy atom. The summed E-state index contributed by atoms with van der Waals surface area (Å²) in [5, 5.41) is 7.77. The number of nitrogens with zero attached hydrogens (tertiary/aromatic N) is 3. The van der Waals surface area contributed by atoms with Crippen LogP contribution in [0.25, 0.3) is 11.4 Å². The highest BCUT2D eigenvalue weighted by Crippen LogP contribution is 2.26. The molecule has 0 fully saturated rings. The lowest BCUT2D eigenvalue weighted by molar-refractivity contribution is 0.602. The number of aryl methyl sites for hydroxylation is 1. The van der Waals surface area contributed by atoms with Crippen molar-refractivity contribution in [3.63, 3.8) is 0 Å². The van der Waals surface area contributed by atoms with Gasteiger partial charge in [-0.15, -0.1) is 10.2 Å². The number of hydrogen-bond acceptors (Lipinski definition) is 4. The minimum absolute atomic E-state index is 0.0279. The summed E-state index contributed by atoms with van der Waals surface area (Å²) in [6, 6.07) is 7.11. The first-order chi connectivity index (χ1) is 8.53. The van der Waals surface area contributed by atoms with Crippen LogP contribution in [0.5, 0.6) is 0 Å². The van der Waals surface area contributed by atoms with Crippen LogP contribution in [0, 0.1) is 0 Å². The minimum Gasteiger partial charge on any atom is -0.317 e. The maximum Gasteiger partial charge on any atom is 0.232 e. The second kappa shape index (κ2) is 4.77. The monoisotopic (exact) mass is 266 g/mol. The van der Waals surface area contributed by atoms with Crippen LogP contribution in [0.4, 0.5) is 5.69 Å². The topological polar surface area (TPSA) is 76.9 Å². The number of nitrogens with one attached hydrogen (secondary N) is 1. The molecule has 1 N–H and O–H groups in total. The van der Waals surface area contributed by atoms with Crippen LogP contribution in [0.15, 0.2) is 30.6 Å². The number of benzene rings is 1. The molecular weight excluding hydrogens is 252 g/mol. The molecule has 1 aromatic heterocycles. The zero-order valence-electron chi connectivity index (χ0n) is 10.2. The second-order valence-corrected chi connectivity index (χ2v) is 5.83. The van der Waals surface area contributed by atoms with Crippen LogP contribution in [-0.2, 0) is 17.1 Å². The molecule has 7 heteroatoms. The van der Waals surface area contributed by atoms with Crippen molar-refractivity contribution in [3.8, 4) is 11.4 Å². The molecule has 0 atom stereocenters. The third kappa shape index (κ3) is 2.51. The molecule has 0 aliphatic heterocycles. The Bertz CT molecular complexity index is 649. The molecule has 0 bridgehead atoms. The molecule has 0 amide bonds. The van der Waals surface area contributed by atoms with Crippen molar-refractivity contribution >= 4 is 15.7 Å². The minimum atomic E-state index is -3.31. The number of aromatic nitrogens is 3. The van der Waals surface area contributed by atoms with Crippen LogP contribution < -0.4 is 4.72 Å². The smallest absolute Gasteiger partial charge is 0.232 e. The van der Waals surface area contributed by atoms with Gasteiger partial charge in [0.1, 0.15) is 6.33 Å². The largest absolute Gasteiger partial charge is 0.317 e. The maximum absolute atomic E-state index is 11.6. The van der Waals surface area contributed by atoms with Gasteiger partial charge in [0.25, 0.3) is 0 Å². The van der Waals surface area contributed by atoms with Crippen molar-refractivity contribution in [1.82, 2.24) is 14.8 Å². The summed E-state index contributed by atoms with van der Waals surface area (Å²) in [6.07, 6.45) is 1.57. The lowest BCUT2D eigenvalue weighted by Crippen LogP contribution is -2.15. The highest BCUT2D eigenvalue weighted by Gasteiger charge is 2.13. The molecule has 0 radical (unpaired) electrons. The van der Waals surface area contributed by atoms with Crippen LogP contribution in [-0.4, -0.2) is 28.9 Å². The fourth-order valence-electron chi connectivity index (χ4n) is 1.53. The van der Waals surface area contributed by atoms with Crippen molar-refractivity contribution < 1.29 is 8.42 Å². The Balaban J connectivity index is 2.48. The summed E-state index contributed by atoms with van der Waals surface area (Å²) in [4.78, 5) is 0. The summed E-state index contributed by atoms with van der Waals surface area (Å²) in [5.41, 5.74) is 1.21. The Kier molecular flexibility index (Phi) is 3.33. The van der Waals surface area contributed by atoms with Gasteiger partial charge in [0.15, 0.2) is 5.82 Å². The SMILES string of the molecule is CCS(=O)(=O)Nc1ccccc1-c1nncn1C. The molecule has 0 spiro atoms. The van der Waals surface area contributed by atoms with Crippen LogP contribution in [0.1, 0.15) is 6.92 Å². The van der Waals surface area contributed by atoms with Gasteiger partial charge in [0.05, 0.1) is 11.4 Å². The summed E-state index contributed by atoms with van der Waals surface area (Å²) in [6.45, 7) is 1.59. The van der Waals surface area contributed by atoms with Crippen LogP contribution in [0.3, 0.4) is 0 Å². The van der Waals surface area contributed by atoms with E-state index < -0.39 is 10.0 Å². The summed E-state index contributed by atoms with van der Waals surface area (Å²) in [5.74, 6) is 0.643. The first-order valence-electron chi connectivity index (χ1n) is 5.47. The van der Waals surface area contributed by atoms with E-state index in [-0.39, 0.29) is 5.75 Å². The molecule has 0 saturated carbocycles. The van der Waals surface area contributed by atoms with Crippen LogP contribution in [0.2, 0.25) is 0 Å². The Labute approximate surface area is 106 Å². The first kappa shape index (κ1) is 12.6. The van der Waals surface area contributed by atoms with E-state index in [9.17, 15) is 8.42 Å². The Morgan fingerprint density at radius 2 is 2.06 bits per heavy atom. The first-order valence-corrected chi connectivity index (χ1v) is 7.12. The van der Waals surface area contributed by atoms with Gasteiger partial charge in [-0.2, -0.15) is 0 Å². The average molecular weight is 266 g/mol. The fourth-order valence-corrected chi connectivity index (χ4v) is 2.19. The highest BCUT2D eigenvalue weighted by molar-refractivity contribution is 7.92. The van der Waals surface area contributed by atoms with Crippen molar-refractivity contribution in [3.05, 3.63) is 30.6 Å². The zero-order chi connectivity index (χ0) is 13.2. The molecule has 0 aliphatic rings. The number of sulfonamides is 1. The lowest BCUT2D eigenvalue weighted by atomic mass is 10.2. The molecule has 2 aromatic rings. The number of hydrogen-bond donors (Lipinski definition) is 1. The maximum atomic E-state index is 11.6. The van der Waals surface area contributed by atoms with Gasteiger partial charge in [0.2, 0.25) is 10.0 Å². The fraction of sp³-hybridized carbons (Fsp3) is 0.273. The van der Waals surface area contributed by atoms with E-state index in [1.54, 1.807) is 43.1 Å². The summed E-state index contributed by atoms with van der Waals surface area (Å²) < 4.78 is 27.5. The van der Waals surface area contributed by atoms with E-state index in [0.29, 0.717) is 17.1 Å². The molecule has 18 heavy (non-hydrogen) atoms. The van der Waals surface area contributed by atoms with Crippen molar-refractivity contribution in [1.29, 1.82) is 0 Å². The van der Waals surface area contributed by atoms with Crippen molar-refractivity contribution in [2.75, 3.05) is 10.5 Å². The van der Waals surface area contributed by atoms with Gasteiger partial charge >= 0.3 is 0 Å². The Morgan fingerprint density at radius 3 is 2.67 bits per heavy atom. The molecule has 0 unspecified atom stereocenters. The van der Waals surface area contributed by atoms with E-state index in [0.717, 1.165) is 0 Å². The average Bonchev–Trinajstić information content (AvgIpc) is 2.76. The molecule has 0 saturated heterocycles. The van der Waals surface area contributed by atoms with Gasteiger partial charge in [0, 0.05) is 12.6 Å². The van der Waals surface area contributed by atoms with Gasteiger partial charge in [-0.25, -0.2) is 8.42 Å². The van der Waals surface area contributed by atoms with E-state index in [2.05, 4.69) is 14.9 Å². The third-order valence-electron chi connectivity index (χ3n) is 2.52.